The molecule has 0 aliphatic heterocycles. The summed E-state index contributed by atoms with van der Waals surface area (Å²) in [5.74, 6) is 0.445. The third-order valence-corrected chi connectivity index (χ3v) is 4.96. The summed E-state index contributed by atoms with van der Waals surface area (Å²) in [5, 5.41) is 0.439. The van der Waals surface area contributed by atoms with Crippen molar-refractivity contribution in [2.75, 3.05) is 14.1 Å². The van der Waals surface area contributed by atoms with Crippen molar-refractivity contribution < 1.29 is 4.79 Å². The number of aromatic nitrogens is 2. The monoisotopic (exact) mass is 403 g/mol. The zero-order chi connectivity index (χ0) is 17.3. The van der Waals surface area contributed by atoms with Gasteiger partial charge in [-0.1, -0.05) is 28.1 Å². The smallest absolute Gasteiger partial charge is 0.285 e. The molecular formula is C17H14BrN3O2S. The molecule has 2 aromatic carbocycles. The third kappa shape index (κ3) is 3.37. The van der Waals surface area contributed by atoms with Crippen molar-refractivity contribution in [1.82, 2.24) is 14.9 Å². The van der Waals surface area contributed by atoms with Crippen molar-refractivity contribution in [2.24, 2.45) is 0 Å². The first-order chi connectivity index (χ1) is 11.5. The molecule has 1 N–H and O–H groups in total. The van der Waals surface area contributed by atoms with Crippen LogP contribution in [0, 0.1) is 0 Å². The Labute approximate surface area is 151 Å². The molecule has 3 rings (SSSR count). The van der Waals surface area contributed by atoms with E-state index in [1.54, 1.807) is 32.3 Å². The molecule has 0 aliphatic carbocycles. The maximum atomic E-state index is 12.3. The molecule has 0 aliphatic rings. The van der Waals surface area contributed by atoms with Crippen LogP contribution in [0.5, 0.6) is 0 Å². The number of benzene rings is 2. The molecule has 0 bridgehead atoms. The summed E-state index contributed by atoms with van der Waals surface area (Å²) in [4.78, 5) is 33.9. The van der Waals surface area contributed by atoms with Crippen molar-refractivity contribution in [3.05, 3.63) is 57.3 Å². The molecule has 5 nitrogen and oxygen atoms in total. The van der Waals surface area contributed by atoms with Crippen LogP contribution in [-0.4, -0.2) is 34.2 Å². The number of fused-ring (bicyclic) bond motifs is 1. The molecule has 24 heavy (non-hydrogen) atoms. The fourth-order valence-corrected chi connectivity index (χ4v) is 3.52. The van der Waals surface area contributed by atoms with Crippen LogP contribution in [0.1, 0.15) is 0 Å². The number of rotatable bonds is 2. The second-order valence-corrected chi connectivity index (χ2v) is 7.24. The molecule has 0 saturated heterocycles. The summed E-state index contributed by atoms with van der Waals surface area (Å²) in [6.45, 7) is 0. The molecule has 1 aromatic heterocycles. The molecule has 1 heterocycles. The number of halogens is 1. The summed E-state index contributed by atoms with van der Waals surface area (Å²) in [5.41, 5.74) is 1.13. The quantitative estimate of drug-likeness (QED) is 0.653. The van der Waals surface area contributed by atoms with E-state index in [1.165, 1.54) is 4.90 Å². The van der Waals surface area contributed by atoms with E-state index in [9.17, 15) is 9.59 Å². The van der Waals surface area contributed by atoms with Gasteiger partial charge in [0, 0.05) is 29.0 Å². The summed E-state index contributed by atoms with van der Waals surface area (Å²) >= 11 is 4.51. The Bertz CT molecular complexity index is 985. The maximum Gasteiger partial charge on any atom is 0.285 e. The molecular weight excluding hydrogens is 390 g/mol. The second-order valence-electron chi connectivity index (χ2n) is 5.33. The van der Waals surface area contributed by atoms with Gasteiger partial charge < -0.3 is 9.88 Å². The average Bonchev–Trinajstić information content (AvgIpc) is 2.55. The predicted molar refractivity (Wildman–Crippen MR) is 100 cm³/mol. The van der Waals surface area contributed by atoms with Crippen LogP contribution in [0.4, 0.5) is 4.79 Å². The minimum absolute atomic E-state index is 0.0995. The molecule has 0 fully saturated rings. The highest BCUT2D eigenvalue weighted by Gasteiger charge is 2.15. The van der Waals surface area contributed by atoms with E-state index < -0.39 is 0 Å². The zero-order valence-electron chi connectivity index (χ0n) is 13.0. The van der Waals surface area contributed by atoms with E-state index in [0.717, 1.165) is 21.1 Å². The lowest BCUT2D eigenvalue weighted by atomic mass is 10.2. The molecule has 0 atom stereocenters. The Hall–Kier alpha value is -2.12. The number of carbonyl (C=O) groups is 1. The summed E-state index contributed by atoms with van der Waals surface area (Å²) < 4.78 is 0.850. The number of hydrogen-bond donors (Lipinski definition) is 1. The Morgan fingerprint density at radius 3 is 2.71 bits per heavy atom. The van der Waals surface area contributed by atoms with E-state index in [0.29, 0.717) is 22.3 Å². The van der Waals surface area contributed by atoms with Gasteiger partial charge in [-0.15, -0.1) is 0 Å². The summed E-state index contributed by atoms with van der Waals surface area (Å²) in [6, 6.07) is 12.7. The van der Waals surface area contributed by atoms with Crippen molar-refractivity contribution in [3.63, 3.8) is 0 Å². The van der Waals surface area contributed by atoms with Gasteiger partial charge in [0.15, 0.2) is 0 Å². The molecule has 0 spiro atoms. The zero-order valence-corrected chi connectivity index (χ0v) is 15.4. The molecule has 1 amide bonds. The number of amides is 1. The number of para-hydroxylation sites is 1. The van der Waals surface area contributed by atoms with E-state index in [1.807, 2.05) is 24.3 Å². The topological polar surface area (TPSA) is 66.1 Å². The van der Waals surface area contributed by atoms with Gasteiger partial charge in [0.05, 0.1) is 10.9 Å². The first kappa shape index (κ1) is 16.7. The lowest BCUT2D eigenvalue weighted by Gasteiger charge is -2.12. The number of hydrogen-bond acceptors (Lipinski definition) is 4. The molecule has 3 aromatic rings. The van der Waals surface area contributed by atoms with Crippen LogP contribution in [-0.2, 0) is 0 Å². The largest absolute Gasteiger partial charge is 0.339 e. The number of nitrogens with zero attached hydrogens (tertiary/aromatic N) is 2. The Morgan fingerprint density at radius 1 is 1.21 bits per heavy atom. The average molecular weight is 404 g/mol. The van der Waals surface area contributed by atoms with Crippen LogP contribution in [0.25, 0.3) is 22.3 Å². The van der Waals surface area contributed by atoms with E-state index in [-0.39, 0.29) is 10.8 Å². The second kappa shape index (κ2) is 6.78. The maximum absolute atomic E-state index is 12.3. The minimum atomic E-state index is -0.201. The van der Waals surface area contributed by atoms with Gasteiger partial charge in [0.2, 0.25) is 0 Å². The molecule has 0 unspecified atom stereocenters. The number of thioether (sulfide) groups is 1. The fraction of sp³-hybridized carbons (Fsp3) is 0.118. The fourth-order valence-electron chi connectivity index (χ4n) is 2.18. The highest BCUT2D eigenvalue weighted by Crippen LogP contribution is 2.33. The summed E-state index contributed by atoms with van der Waals surface area (Å²) in [6.07, 6.45) is 0. The van der Waals surface area contributed by atoms with Crippen molar-refractivity contribution in [3.8, 4) is 11.4 Å². The van der Waals surface area contributed by atoms with Crippen LogP contribution >= 0.6 is 27.7 Å². The van der Waals surface area contributed by atoms with Gasteiger partial charge in [-0.05, 0) is 42.1 Å². The van der Waals surface area contributed by atoms with Crippen molar-refractivity contribution >= 4 is 43.8 Å². The highest BCUT2D eigenvalue weighted by molar-refractivity contribution is 9.10. The van der Waals surface area contributed by atoms with Gasteiger partial charge in [-0.25, -0.2) is 4.98 Å². The van der Waals surface area contributed by atoms with Gasteiger partial charge >= 0.3 is 0 Å². The molecule has 122 valence electrons. The van der Waals surface area contributed by atoms with Crippen LogP contribution in [0.3, 0.4) is 0 Å². The molecule has 0 radical (unpaired) electrons. The van der Waals surface area contributed by atoms with Gasteiger partial charge in [0.1, 0.15) is 5.82 Å². The first-order valence-corrected chi connectivity index (χ1v) is 8.75. The lowest BCUT2D eigenvalue weighted by Crippen LogP contribution is -2.16. The van der Waals surface area contributed by atoms with E-state index >= 15 is 0 Å². The Morgan fingerprint density at radius 2 is 1.96 bits per heavy atom. The van der Waals surface area contributed by atoms with Crippen molar-refractivity contribution in [1.29, 1.82) is 0 Å². The Kier molecular flexibility index (Phi) is 4.73. The van der Waals surface area contributed by atoms with Crippen LogP contribution in [0.15, 0.2) is 56.6 Å². The van der Waals surface area contributed by atoms with Gasteiger partial charge in [-0.3, -0.25) is 9.59 Å². The van der Waals surface area contributed by atoms with Crippen LogP contribution < -0.4 is 5.56 Å². The number of carbonyl (C=O) groups excluding carboxylic acids is 1. The predicted octanol–water partition coefficient (Wildman–Crippen LogP) is 4.13. The third-order valence-electron chi connectivity index (χ3n) is 3.37. The summed E-state index contributed by atoms with van der Waals surface area (Å²) in [7, 11) is 3.40. The molecule has 7 heteroatoms. The number of aromatic amines is 1. The SMILES string of the molecule is CN(C)C(=O)Sc1cc(Br)ccc1-c1nc2ccccc2c(=O)[nH]1. The van der Waals surface area contributed by atoms with E-state index in [2.05, 4.69) is 25.9 Å². The number of nitrogens with one attached hydrogen (secondary N) is 1. The van der Waals surface area contributed by atoms with Gasteiger partial charge in [-0.2, -0.15) is 0 Å². The first-order valence-electron chi connectivity index (χ1n) is 7.14. The highest BCUT2D eigenvalue weighted by atomic mass is 79.9. The van der Waals surface area contributed by atoms with Crippen molar-refractivity contribution in [2.45, 2.75) is 4.90 Å². The number of H-pyrrole nitrogens is 1. The van der Waals surface area contributed by atoms with Crippen LogP contribution in [0.2, 0.25) is 0 Å². The Balaban J connectivity index is 2.16. The van der Waals surface area contributed by atoms with E-state index in [4.69, 9.17) is 0 Å². The minimum Gasteiger partial charge on any atom is -0.339 e. The molecule has 0 saturated carbocycles. The normalized spacial score (nSPS) is 10.8. The standard InChI is InChI=1S/C17H14BrN3O2S/c1-21(2)17(23)24-14-9-10(18)7-8-12(14)15-19-13-6-4-3-5-11(13)16(22)20-15/h3-9H,1-2H3,(H,19,20,22). The van der Waals surface area contributed by atoms with Gasteiger partial charge in [0.25, 0.3) is 10.8 Å². The lowest BCUT2D eigenvalue weighted by molar-refractivity contribution is 0.241.